The molecule has 1 amide bonds. The third-order valence-electron chi connectivity index (χ3n) is 2.34. The van der Waals surface area contributed by atoms with E-state index in [2.05, 4.69) is 26.2 Å². The molecule has 1 N–H and O–H groups in total. The van der Waals surface area contributed by atoms with Gasteiger partial charge in [0, 0.05) is 10.7 Å². The van der Waals surface area contributed by atoms with Crippen LogP contribution in [-0.2, 0) is 0 Å². The average molecular weight is 326 g/mol. The van der Waals surface area contributed by atoms with E-state index in [9.17, 15) is 4.79 Å². The molecule has 0 spiro atoms. The molecule has 0 radical (unpaired) electrons. The lowest BCUT2D eigenvalue weighted by atomic mass is 10.2. The predicted molar refractivity (Wildman–Crippen MR) is 76.1 cm³/mol. The van der Waals surface area contributed by atoms with Gasteiger partial charge in [0.1, 0.15) is 0 Å². The smallest absolute Gasteiger partial charge is 0.256 e. The zero-order valence-corrected chi connectivity index (χ0v) is 11.9. The van der Waals surface area contributed by atoms with Crippen molar-refractivity contribution >= 4 is 39.1 Å². The van der Waals surface area contributed by atoms with E-state index in [1.807, 2.05) is 19.1 Å². The highest BCUT2D eigenvalue weighted by Gasteiger charge is 2.11. The van der Waals surface area contributed by atoms with E-state index in [1.165, 1.54) is 0 Å². The minimum atomic E-state index is -0.225. The molecule has 0 unspecified atom stereocenters. The van der Waals surface area contributed by atoms with Gasteiger partial charge in [0.15, 0.2) is 5.15 Å². The average Bonchev–Trinajstić information content (AvgIpc) is 2.34. The summed E-state index contributed by atoms with van der Waals surface area (Å²) >= 11 is 9.26. The third kappa shape index (κ3) is 2.89. The summed E-state index contributed by atoms with van der Waals surface area (Å²) in [6.45, 7) is 1.89. The maximum absolute atomic E-state index is 12.1. The van der Waals surface area contributed by atoms with Gasteiger partial charge in [0.2, 0.25) is 0 Å². The quantitative estimate of drug-likeness (QED) is 0.846. The number of halogens is 2. The van der Waals surface area contributed by atoms with E-state index in [0.717, 1.165) is 10.0 Å². The number of rotatable bonds is 2. The summed E-state index contributed by atoms with van der Waals surface area (Å²) in [4.78, 5) is 16.1. The Morgan fingerprint density at radius 2 is 2.11 bits per heavy atom. The van der Waals surface area contributed by atoms with Crippen LogP contribution in [0.25, 0.3) is 0 Å². The molecule has 1 heterocycles. The van der Waals surface area contributed by atoms with Crippen LogP contribution in [0.5, 0.6) is 0 Å². The van der Waals surface area contributed by atoms with Crippen molar-refractivity contribution in [3.05, 3.63) is 57.3 Å². The van der Waals surface area contributed by atoms with Crippen LogP contribution in [-0.4, -0.2) is 10.9 Å². The standard InChI is InChI=1S/C13H10BrClN2O/c1-8-6-11(12(15)16-7-8)17-13(18)9-4-2-3-5-10(9)14/h2-7H,1H3,(H,17,18). The van der Waals surface area contributed by atoms with Crippen molar-refractivity contribution in [1.82, 2.24) is 4.98 Å². The number of hydrogen-bond acceptors (Lipinski definition) is 2. The maximum Gasteiger partial charge on any atom is 0.256 e. The van der Waals surface area contributed by atoms with Crippen LogP contribution in [0.4, 0.5) is 5.69 Å². The SMILES string of the molecule is Cc1cnc(Cl)c(NC(=O)c2ccccc2Br)c1. The Hall–Kier alpha value is -1.39. The first-order chi connectivity index (χ1) is 8.58. The molecule has 92 valence electrons. The van der Waals surface area contributed by atoms with Crippen LogP contribution >= 0.6 is 27.5 Å². The van der Waals surface area contributed by atoms with Crippen LogP contribution in [0.3, 0.4) is 0 Å². The topological polar surface area (TPSA) is 42.0 Å². The molecule has 5 heteroatoms. The maximum atomic E-state index is 12.1. The highest BCUT2D eigenvalue weighted by Crippen LogP contribution is 2.22. The second kappa shape index (κ2) is 5.50. The van der Waals surface area contributed by atoms with Crippen molar-refractivity contribution in [2.45, 2.75) is 6.92 Å². The molecular weight excluding hydrogens is 316 g/mol. The van der Waals surface area contributed by atoms with Crippen LogP contribution < -0.4 is 5.32 Å². The van der Waals surface area contributed by atoms with Gasteiger partial charge in [-0.15, -0.1) is 0 Å². The van der Waals surface area contributed by atoms with Crippen molar-refractivity contribution in [2.24, 2.45) is 0 Å². The molecule has 0 fully saturated rings. The van der Waals surface area contributed by atoms with E-state index in [0.29, 0.717) is 11.3 Å². The summed E-state index contributed by atoms with van der Waals surface area (Å²) < 4.78 is 0.735. The second-order valence-electron chi connectivity index (χ2n) is 3.79. The zero-order chi connectivity index (χ0) is 13.1. The Labute approximate surface area is 118 Å². The van der Waals surface area contributed by atoms with Gasteiger partial charge in [-0.25, -0.2) is 4.98 Å². The molecule has 0 atom stereocenters. The molecule has 0 bridgehead atoms. The number of pyridine rings is 1. The highest BCUT2D eigenvalue weighted by molar-refractivity contribution is 9.10. The van der Waals surface area contributed by atoms with Crippen molar-refractivity contribution in [2.75, 3.05) is 5.32 Å². The monoisotopic (exact) mass is 324 g/mol. The number of aromatic nitrogens is 1. The van der Waals surface area contributed by atoms with Crippen molar-refractivity contribution in [1.29, 1.82) is 0 Å². The Bertz CT molecular complexity index is 601. The first-order valence-corrected chi connectivity index (χ1v) is 6.43. The van der Waals surface area contributed by atoms with Gasteiger partial charge in [0.25, 0.3) is 5.91 Å². The molecule has 2 aromatic rings. The van der Waals surface area contributed by atoms with Gasteiger partial charge in [-0.3, -0.25) is 4.79 Å². The van der Waals surface area contributed by atoms with E-state index >= 15 is 0 Å². The molecule has 0 saturated heterocycles. The van der Waals surface area contributed by atoms with Crippen LogP contribution in [0.2, 0.25) is 5.15 Å². The normalized spacial score (nSPS) is 10.2. The fraction of sp³-hybridized carbons (Fsp3) is 0.0769. The van der Waals surface area contributed by atoms with Crippen LogP contribution in [0.1, 0.15) is 15.9 Å². The number of hydrogen-bond donors (Lipinski definition) is 1. The van der Waals surface area contributed by atoms with E-state index < -0.39 is 0 Å². The number of nitrogens with one attached hydrogen (secondary N) is 1. The van der Waals surface area contributed by atoms with E-state index in [-0.39, 0.29) is 11.1 Å². The number of aryl methyl sites for hydroxylation is 1. The Balaban J connectivity index is 2.27. The molecule has 0 aliphatic carbocycles. The Kier molecular flexibility index (Phi) is 3.99. The number of amides is 1. The summed E-state index contributed by atoms with van der Waals surface area (Å²) in [7, 11) is 0. The fourth-order valence-corrected chi connectivity index (χ4v) is 2.09. The molecule has 0 saturated carbocycles. The number of carbonyl (C=O) groups excluding carboxylic acids is 1. The van der Waals surface area contributed by atoms with Gasteiger partial charge < -0.3 is 5.32 Å². The second-order valence-corrected chi connectivity index (χ2v) is 5.00. The number of nitrogens with zero attached hydrogens (tertiary/aromatic N) is 1. The van der Waals surface area contributed by atoms with Crippen molar-refractivity contribution in [3.8, 4) is 0 Å². The first kappa shape index (κ1) is 13.1. The summed E-state index contributed by atoms with van der Waals surface area (Å²) in [5.41, 5.74) is 1.99. The van der Waals surface area contributed by atoms with Crippen molar-refractivity contribution < 1.29 is 4.79 Å². The third-order valence-corrected chi connectivity index (χ3v) is 3.34. The van der Waals surface area contributed by atoms with Gasteiger partial charge in [-0.05, 0) is 46.6 Å². The van der Waals surface area contributed by atoms with Crippen LogP contribution in [0.15, 0.2) is 41.0 Å². The van der Waals surface area contributed by atoms with E-state index in [4.69, 9.17) is 11.6 Å². The molecule has 1 aromatic heterocycles. The van der Waals surface area contributed by atoms with Gasteiger partial charge >= 0.3 is 0 Å². The van der Waals surface area contributed by atoms with Crippen molar-refractivity contribution in [3.63, 3.8) is 0 Å². The minimum Gasteiger partial charge on any atom is -0.319 e. The van der Waals surface area contributed by atoms with Gasteiger partial charge in [-0.2, -0.15) is 0 Å². The largest absolute Gasteiger partial charge is 0.319 e. The fourth-order valence-electron chi connectivity index (χ4n) is 1.48. The Morgan fingerprint density at radius 1 is 1.39 bits per heavy atom. The predicted octanol–water partition coefficient (Wildman–Crippen LogP) is 4.06. The molecule has 2 rings (SSSR count). The molecule has 0 aliphatic rings. The molecule has 1 aromatic carbocycles. The Morgan fingerprint density at radius 3 is 2.83 bits per heavy atom. The number of anilines is 1. The molecule has 18 heavy (non-hydrogen) atoms. The summed E-state index contributed by atoms with van der Waals surface area (Å²) in [5.74, 6) is -0.225. The minimum absolute atomic E-state index is 0.225. The summed E-state index contributed by atoms with van der Waals surface area (Å²) in [6.07, 6.45) is 1.65. The zero-order valence-electron chi connectivity index (χ0n) is 9.58. The first-order valence-electron chi connectivity index (χ1n) is 5.26. The molecule has 3 nitrogen and oxygen atoms in total. The summed E-state index contributed by atoms with van der Waals surface area (Å²) in [6, 6.07) is 8.98. The molecule has 0 aliphatic heterocycles. The van der Waals surface area contributed by atoms with Crippen LogP contribution in [0, 0.1) is 6.92 Å². The number of carbonyl (C=O) groups is 1. The lowest BCUT2D eigenvalue weighted by Gasteiger charge is -2.08. The van der Waals surface area contributed by atoms with Gasteiger partial charge in [-0.1, -0.05) is 23.7 Å². The lowest BCUT2D eigenvalue weighted by Crippen LogP contribution is -2.13. The highest BCUT2D eigenvalue weighted by atomic mass is 79.9. The summed E-state index contributed by atoms with van der Waals surface area (Å²) in [5, 5.41) is 3.02. The van der Waals surface area contributed by atoms with Gasteiger partial charge in [0.05, 0.1) is 11.3 Å². The van der Waals surface area contributed by atoms with E-state index in [1.54, 1.807) is 24.4 Å². The number of benzene rings is 1. The molecular formula is C13H10BrClN2O. The lowest BCUT2D eigenvalue weighted by molar-refractivity contribution is 0.102.